The molecule has 3 amide bonds. The lowest BCUT2D eigenvalue weighted by Crippen LogP contribution is -2.58. The molecule has 1 aromatic rings. The van der Waals surface area contributed by atoms with E-state index in [1.54, 1.807) is 0 Å². The van der Waals surface area contributed by atoms with E-state index in [0.29, 0.717) is 12.1 Å². The summed E-state index contributed by atoms with van der Waals surface area (Å²) in [5, 5.41) is 16.7. The number of carboxylic acid groups (broad SMARTS) is 1. The number of aliphatic carboxylic acids is 1. The standard InChI is InChI=1S/C18H30N6O5S2/c1-9(2)3-11(19)15(25)23-13(6-30)17(27)24-14(7-31)16(26)22-12(18(28)29)4-10-5-20-8-21-10/h5,8-9,11-14,30-31H,3-4,6-7,19H2,1-2H3,(H,20,21)(H,22,26)(H,23,25)(H,24,27)(H,28,29). The Labute approximate surface area is 191 Å². The minimum Gasteiger partial charge on any atom is -0.480 e. The van der Waals surface area contributed by atoms with Gasteiger partial charge in [-0.1, -0.05) is 13.8 Å². The number of carbonyl (C=O) groups is 4. The molecule has 7 N–H and O–H groups in total. The first-order valence-electron chi connectivity index (χ1n) is 9.67. The number of amides is 3. The number of imidazole rings is 1. The van der Waals surface area contributed by atoms with Gasteiger partial charge in [-0.2, -0.15) is 25.3 Å². The Hall–Kier alpha value is -2.25. The molecular weight excluding hydrogens is 444 g/mol. The summed E-state index contributed by atoms with van der Waals surface area (Å²) in [5.74, 6) is -3.04. The van der Waals surface area contributed by atoms with E-state index >= 15 is 0 Å². The van der Waals surface area contributed by atoms with Crippen molar-refractivity contribution in [1.82, 2.24) is 25.9 Å². The minimum absolute atomic E-state index is 0.0165. The number of carboxylic acids is 1. The molecule has 174 valence electrons. The average molecular weight is 475 g/mol. The van der Waals surface area contributed by atoms with Crippen molar-refractivity contribution in [2.75, 3.05) is 11.5 Å². The van der Waals surface area contributed by atoms with Gasteiger partial charge in [0.2, 0.25) is 17.7 Å². The molecule has 0 bridgehead atoms. The Morgan fingerprint density at radius 2 is 1.55 bits per heavy atom. The van der Waals surface area contributed by atoms with Gasteiger partial charge in [-0.05, 0) is 12.3 Å². The molecular formula is C18H30N6O5S2. The molecule has 13 heteroatoms. The van der Waals surface area contributed by atoms with Gasteiger partial charge in [0.15, 0.2) is 0 Å². The number of thiol groups is 2. The number of nitrogens with two attached hydrogens (primary N) is 1. The SMILES string of the molecule is CC(C)CC(N)C(=O)NC(CS)C(=O)NC(CS)C(=O)NC(Cc1cnc[nH]1)C(=O)O. The number of nitrogens with zero attached hydrogens (tertiary/aromatic N) is 1. The number of nitrogens with one attached hydrogen (secondary N) is 4. The molecule has 0 aliphatic rings. The maximum atomic E-state index is 12.5. The van der Waals surface area contributed by atoms with Crippen LogP contribution in [0.4, 0.5) is 0 Å². The fourth-order valence-electron chi connectivity index (χ4n) is 2.64. The first-order valence-corrected chi connectivity index (χ1v) is 10.9. The molecule has 4 unspecified atom stereocenters. The summed E-state index contributed by atoms with van der Waals surface area (Å²) in [6.45, 7) is 3.84. The Morgan fingerprint density at radius 3 is 1.97 bits per heavy atom. The third-order valence-electron chi connectivity index (χ3n) is 4.29. The van der Waals surface area contributed by atoms with Crippen LogP contribution in [0.25, 0.3) is 0 Å². The Morgan fingerprint density at radius 1 is 1.03 bits per heavy atom. The predicted octanol–water partition coefficient (Wildman–Crippen LogP) is -1.28. The highest BCUT2D eigenvalue weighted by Crippen LogP contribution is 2.04. The Balaban J connectivity index is 2.72. The van der Waals surface area contributed by atoms with Gasteiger partial charge in [-0.15, -0.1) is 0 Å². The van der Waals surface area contributed by atoms with E-state index in [0.717, 1.165) is 0 Å². The van der Waals surface area contributed by atoms with Crippen molar-refractivity contribution in [2.24, 2.45) is 11.7 Å². The van der Waals surface area contributed by atoms with Crippen LogP contribution in [0, 0.1) is 5.92 Å². The summed E-state index contributed by atoms with van der Waals surface area (Å²) in [7, 11) is 0. The highest BCUT2D eigenvalue weighted by molar-refractivity contribution is 7.80. The van der Waals surface area contributed by atoms with Crippen LogP contribution in [0.2, 0.25) is 0 Å². The molecule has 1 aromatic heterocycles. The number of hydrogen-bond acceptors (Lipinski definition) is 8. The molecule has 0 aliphatic heterocycles. The number of hydrogen-bond donors (Lipinski definition) is 8. The Kier molecular flexibility index (Phi) is 11.4. The van der Waals surface area contributed by atoms with E-state index in [9.17, 15) is 24.3 Å². The van der Waals surface area contributed by atoms with Gasteiger partial charge in [0.25, 0.3) is 0 Å². The van der Waals surface area contributed by atoms with E-state index in [4.69, 9.17) is 5.73 Å². The van der Waals surface area contributed by atoms with Crippen LogP contribution in [0.5, 0.6) is 0 Å². The van der Waals surface area contributed by atoms with Gasteiger partial charge in [-0.25, -0.2) is 9.78 Å². The number of H-pyrrole nitrogens is 1. The van der Waals surface area contributed by atoms with Crippen molar-refractivity contribution in [3.63, 3.8) is 0 Å². The number of aromatic amines is 1. The van der Waals surface area contributed by atoms with E-state index in [1.807, 2.05) is 13.8 Å². The fourth-order valence-corrected chi connectivity index (χ4v) is 3.16. The summed E-state index contributed by atoms with van der Waals surface area (Å²) >= 11 is 8.15. The molecule has 0 spiro atoms. The van der Waals surface area contributed by atoms with Crippen LogP contribution >= 0.6 is 25.3 Å². The van der Waals surface area contributed by atoms with Crippen LogP contribution in [-0.2, 0) is 25.6 Å². The molecule has 1 heterocycles. The number of aromatic nitrogens is 2. The summed E-state index contributed by atoms with van der Waals surface area (Å²) in [6, 6.07) is -4.16. The molecule has 0 saturated carbocycles. The highest BCUT2D eigenvalue weighted by atomic mass is 32.1. The molecule has 0 saturated heterocycles. The van der Waals surface area contributed by atoms with E-state index in [-0.39, 0.29) is 23.8 Å². The number of carbonyl (C=O) groups excluding carboxylic acids is 3. The maximum Gasteiger partial charge on any atom is 0.326 e. The summed E-state index contributed by atoms with van der Waals surface area (Å²) in [5.41, 5.74) is 6.35. The van der Waals surface area contributed by atoms with Crippen molar-refractivity contribution in [3.05, 3.63) is 18.2 Å². The number of rotatable bonds is 13. The van der Waals surface area contributed by atoms with Crippen molar-refractivity contribution in [2.45, 2.75) is 50.9 Å². The summed E-state index contributed by atoms with van der Waals surface area (Å²) in [4.78, 5) is 55.3. The third kappa shape index (κ3) is 9.19. The summed E-state index contributed by atoms with van der Waals surface area (Å²) in [6.07, 6.45) is 3.27. The van der Waals surface area contributed by atoms with E-state index < -0.39 is 47.9 Å². The molecule has 0 radical (unpaired) electrons. The highest BCUT2D eigenvalue weighted by Gasteiger charge is 2.29. The maximum absolute atomic E-state index is 12.5. The van der Waals surface area contributed by atoms with Crippen molar-refractivity contribution in [1.29, 1.82) is 0 Å². The zero-order valence-electron chi connectivity index (χ0n) is 17.4. The molecule has 1 rings (SSSR count). The average Bonchev–Trinajstić information content (AvgIpc) is 3.21. The van der Waals surface area contributed by atoms with Gasteiger partial charge >= 0.3 is 5.97 Å². The zero-order valence-corrected chi connectivity index (χ0v) is 19.2. The topological polar surface area (TPSA) is 179 Å². The predicted molar refractivity (Wildman–Crippen MR) is 121 cm³/mol. The lowest BCUT2D eigenvalue weighted by Gasteiger charge is -2.24. The van der Waals surface area contributed by atoms with Gasteiger partial charge in [0.1, 0.15) is 18.1 Å². The second kappa shape index (κ2) is 13.2. The first kappa shape index (κ1) is 26.8. The van der Waals surface area contributed by atoms with Gasteiger partial charge < -0.3 is 31.8 Å². The van der Waals surface area contributed by atoms with Crippen molar-refractivity contribution in [3.8, 4) is 0 Å². The molecule has 4 atom stereocenters. The lowest BCUT2D eigenvalue weighted by molar-refractivity contribution is -0.142. The third-order valence-corrected chi connectivity index (χ3v) is 5.02. The molecule has 31 heavy (non-hydrogen) atoms. The zero-order chi connectivity index (χ0) is 23.6. The van der Waals surface area contributed by atoms with Crippen molar-refractivity contribution < 1.29 is 24.3 Å². The van der Waals surface area contributed by atoms with Crippen LogP contribution in [0.15, 0.2) is 12.5 Å². The van der Waals surface area contributed by atoms with Crippen LogP contribution in [0.1, 0.15) is 26.0 Å². The van der Waals surface area contributed by atoms with Crippen LogP contribution in [0.3, 0.4) is 0 Å². The van der Waals surface area contributed by atoms with E-state index in [1.165, 1.54) is 12.5 Å². The van der Waals surface area contributed by atoms with Gasteiger partial charge in [0, 0.05) is 29.8 Å². The van der Waals surface area contributed by atoms with Gasteiger partial charge in [-0.3, -0.25) is 14.4 Å². The fraction of sp³-hybridized carbons (Fsp3) is 0.611. The first-order chi connectivity index (χ1) is 14.6. The normalized spacial score (nSPS) is 14.9. The Bertz CT molecular complexity index is 746. The second-order valence-electron chi connectivity index (χ2n) is 7.40. The molecule has 0 aliphatic carbocycles. The molecule has 0 fully saturated rings. The molecule has 11 nitrogen and oxygen atoms in total. The van der Waals surface area contributed by atoms with Gasteiger partial charge in [0.05, 0.1) is 12.4 Å². The summed E-state index contributed by atoms with van der Waals surface area (Å²) < 4.78 is 0. The van der Waals surface area contributed by atoms with Crippen LogP contribution in [-0.4, -0.2) is 74.4 Å². The largest absolute Gasteiger partial charge is 0.480 e. The molecule has 0 aromatic carbocycles. The minimum atomic E-state index is -1.24. The second-order valence-corrected chi connectivity index (χ2v) is 8.13. The quantitative estimate of drug-likeness (QED) is 0.164. The smallest absolute Gasteiger partial charge is 0.326 e. The van der Waals surface area contributed by atoms with Crippen molar-refractivity contribution >= 4 is 48.9 Å². The lowest BCUT2D eigenvalue weighted by atomic mass is 10.0. The monoisotopic (exact) mass is 474 g/mol. The van der Waals surface area contributed by atoms with Crippen LogP contribution < -0.4 is 21.7 Å². The van der Waals surface area contributed by atoms with E-state index in [2.05, 4.69) is 51.2 Å².